The van der Waals surface area contributed by atoms with E-state index in [9.17, 15) is 9.59 Å². The monoisotopic (exact) mass is 471 g/mol. The minimum absolute atomic E-state index is 0.0968. The number of benzene rings is 2. The van der Waals surface area contributed by atoms with E-state index < -0.39 is 0 Å². The molecule has 0 aliphatic heterocycles. The van der Waals surface area contributed by atoms with Crippen molar-refractivity contribution in [3.8, 4) is 0 Å². The van der Waals surface area contributed by atoms with E-state index in [4.69, 9.17) is 11.6 Å². The van der Waals surface area contributed by atoms with Crippen LogP contribution in [0.5, 0.6) is 0 Å². The lowest BCUT2D eigenvalue weighted by atomic mass is 10.0. The van der Waals surface area contributed by atoms with Crippen LogP contribution in [0.25, 0.3) is 0 Å². The summed E-state index contributed by atoms with van der Waals surface area (Å²) in [6.07, 6.45) is 0. The van der Waals surface area contributed by atoms with Crippen molar-refractivity contribution >= 4 is 40.9 Å². The van der Waals surface area contributed by atoms with Crippen LogP contribution in [0.2, 0.25) is 5.02 Å². The summed E-state index contributed by atoms with van der Waals surface area (Å²) in [4.78, 5) is 25.1. The van der Waals surface area contributed by atoms with Gasteiger partial charge in [-0.3, -0.25) is 9.59 Å². The fraction of sp³-hybridized carbons (Fsp3) is 0.304. The van der Waals surface area contributed by atoms with Gasteiger partial charge < -0.3 is 15.2 Å². The Hall–Kier alpha value is -2.84. The van der Waals surface area contributed by atoms with Gasteiger partial charge in [-0.15, -0.1) is 10.2 Å². The molecule has 2 amide bonds. The Kier molecular flexibility index (Phi) is 7.93. The van der Waals surface area contributed by atoms with Crippen molar-refractivity contribution in [1.29, 1.82) is 0 Å². The van der Waals surface area contributed by atoms with E-state index >= 15 is 0 Å². The molecule has 7 nitrogen and oxygen atoms in total. The molecule has 0 aliphatic rings. The molecule has 168 valence electrons. The van der Waals surface area contributed by atoms with Crippen LogP contribution in [0, 0.1) is 12.8 Å². The summed E-state index contributed by atoms with van der Waals surface area (Å²) in [6.45, 7) is 5.91. The zero-order chi connectivity index (χ0) is 23.3. The lowest BCUT2D eigenvalue weighted by Gasteiger charge is -2.21. The Bertz CT molecular complexity index is 1100. The van der Waals surface area contributed by atoms with Crippen LogP contribution < -0.4 is 10.6 Å². The van der Waals surface area contributed by atoms with E-state index in [0.29, 0.717) is 21.6 Å². The molecule has 2 aromatic carbocycles. The van der Waals surface area contributed by atoms with Crippen LogP contribution >= 0.6 is 23.4 Å². The predicted octanol–water partition coefficient (Wildman–Crippen LogP) is 4.63. The summed E-state index contributed by atoms with van der Waals surface area (Å²) in [6, 6.07) is 14.1. The molecule has 2 N–H and O–H groups in total. The van der Waals surface area contributed by atoms with Gasteiger partial charge in [-0.25, -0.2) is 0 Å². The number of anilines is 1. The zero-order valence-corrected chi connectivity index (χ0v) is 20.0. The highest BCUT2D eigenvalue weighted by atomic mass is 35.5. The Balaban J connectivity index is 1.66. The number of hydrogen-bond donors (Lipinski definition) is 2. The van der Waals surface area contributed by atoms with Crippen LogP contribution in [-0.2, 0) is 11.8 Å². The van der Waals surface area contributed by atoms with Crippen LogP contribution in [0.1, 0.15) is 41.6 Å². The topological polar surface area (TPSA) is 88.9 Å². The second-order valence-corrected chi connectivity index (χ2v) is 9.14. The smallest absolute Gasteiger partial charge is 0.251 e. The standard InChI is InChI=1S/C23H26ClN5O2S/c1-14(2)20(26-22(31)16-8-6-5-7-9-16)21-27-28-23(29(21)4)32-13-19(30)25-18-11-10-17(24)12-15(18)3/h5-12,14,20H,13H2,1-4H3,(H,25,30)(H,26,31)/t20-/m0/s1. The number of halogens is 1. The van der Waals surface area contributed by atoms with E-state index in [1.807, 2.05) is 50.6 Å². The van der Waals surface area contributed by atoms with Crippen LogP contribution in [0.15, 0.2) is 53.7 Å². The molecule has 0 aliphatic carbocycles. The van der Waals surface area contributed by atoms with Gasteiger partial charge in [0.05, 0.1) is 11.8 Å². The molecular weight excluding hydrogens is 446 g/mol. The van der Waals surface area contributed by atoms with Crippen molar-refractivity contribution in [1.82, 2.24) is 20.1 Å². The highest BCUT2D eigenvalue weighted by molar-refractivity contribution is 7.99. The SMILES string of the molecule is Cc1cc(Cl)ccc1NC(=O)CSc1nnc([C@@H](NC(=O)c2ccccc2)C(C)C)n1C. The first kappa shape index (κ1) is 23.8. The maximum absolute atomic E-state index is 12.7. The zero-order valence-electron chi connectivity index (χ0n) is 18.4. The summed E-state index contributed by atoms with van der Waals surface area (Å²) < 4.78 is 1.82. The molecule has 1 aromatic heterocycles. The first-order valence-corrected chi connectivity index (χ1v) is 11.6. The average Bonchev–Trinajstić information content (AvgIpc) is 3.12. The maximum atomic E-state index is 12.7. The van der Waals surface area contributed by atoms with Gasteiger partial charge in [0.1, 0.15) is 0 Å². The third-order valence-corrected chi connectivity index (χ3v) is 6.19. The molecule has 9 heteroatoms. The van der Waals surface area contributed by atoms with Crippen LogP contribution in [0.3, 0.4) is 0 Å². The normalized spacial score (nSPS) is 11.9. The van der Waals surface area contributed by atoms with Gasteiger partial charge in [0.15, 0.2) is 11.0 Å². The van der Waals surface area contributed by atoms with Crippen molar-refractivity contribution in [2.75, 3.05) is 11.1 Å². The van der Waals surface area contributed by atoms with E-state index in [1.165, 1.54) is 11.8 Å². The summed E-state index contributed by atoms with van der Waals surface area (Å²) >= 11 is 7.25. The third-order valence-electron chi connectivity index (χ3n) is 4.93. The number of hydrogen-bond acceptors (Lipinski definition) is 5. The number of carbonyl (C=O) groups is 2. The van der Waals surface area contributed by atoms with Gasteiger partial charge in [-0.2, -0.15) is 0 Å². The summed E-state index contributed by atoms with van der Waals surface area (Å²) in [5.41, 5.74) is 2.21. The second kappa shape index (κ2) is 10.7. The number of rotatable bonds is 8. The number of nitrogens with zero attached hydrogens (tertiary/aromatic N) is 3. The lowest BCUT2D eigenvalue weighted by Crippen LogP contribution is -2.33. The molecule has 1 atom stereocenters. The second-order valence-electron chi connectivity index (χ2n) is 7.76. The molecule has 0 radical (unpaired) electrons. The molecular formula is C23H26ClN5O2S. The number of amides is 2. The van der Waals surface area contributed by atoms with Crippen molar-refractivity contribution in [2.24, 2.45) is 13.0 Å². The summed E-state index contributed by atoms with van der Waals surface area (Å²) in [7, 11) is 1.84. The Morgan fingerprint density at radius 1 is 1.12 bits per heavy atom. The molecule has 3 aromatic rings. The van der Waals surface area contributed by atoms with Crippen molar-refractivity contribution in [3.05, 3.63) is 70.5 Å². The van der Waals surface area contributed by atoms with Crippen LogP contribution in [0.4, 0.5) is 5.69 Å². The molecule has 3 rings (SSSR count). The minimum atomic E-state index is -0.319. The minimum Gasteiger partial charge on any atom is -0.342 e. The quantitative estimate of drug-likeness (QED) is 0.467. The lowest BCUT2D eigenvalue weighted by molar-refractivity contribution is -0.113. The molecule has 32 heavy (non-hydrogen) atoms. The largest absolute Gasteiger partial charge is 0.342 e. The predicted molar refractivity (Wildman–Crippen MR) is 128 cm³/mol. The number of thioether (sulfide) groups is 1. The Labute approximate surface area is 197 Å². The van der Waals surface area contributed by atoms with Crippen LogP contribution in [-0.4, -0.2) is 32.3 Å². The number of carbonyl (C=O) groups excluding carboxylic acids is 2. The highest BCUT2D eigenvalue weighted by Gasteiger charge is 2.25. The Morgan fingerprint density at radius 2 is 1.84 bits per heavy atom. The number of aryl methyl sites for hydroxylation is 1. The van der Waals surface area contributed by atoms with E-state index in [-0.39, 0.29) is 29.5 Å². The maximum Gasteiger partial charge on any atom is 0.251 e. The fourth-order valence-corrected chi connectivity index (χ4v) is 4.09. The molecule has 0 unspecified atom stereocenters. The number of aromatic nitrogens is 3. The van der Waals surface area contributed by atoms with E-state index in [1.54, 1.807) is 30.3 Å². The van der Waals surface area contributed by atoms with Gasteiger partial charge in [0.25, 0.3) is 5.91 Å². The van der Waals surface area contributed by atoms with Crippen molar-refractivity contribution in [3.63, 3.8) is 0 Å². The van der Waals surface area contributed by atoms with E-state index in [0.717, 1.165) is 11.3 Å². The van der Waals surface area contributed by atoms with E-state index in [2.05, 4.69) is 20.8 Å². The van der Waals surface area contributed by atoms with Gasteiger partial charge in [0.2, 0.25) is 5.91 Å². The van der Waals surface area contributed by atoms with Gasteiger partial charge in [-0.05, 0) is 48.7 Å². The number of nitrogens with one attached hydrogen (secondary N) is 2. The molecule has 0 saturated heterocycles. The molecule has 0 fully saturated rings. The third kappa shape index (κ3) is 5.89. The van der Waals surface area contributed by atoms with Crippen molar-refractivity contribution < 1.29 is 9.59 Å². The fourth-order valence-electron chi connectivity index (χ4n) is 3.15. The van der Waals surface area contributed by atoms with Crippen molar-refractivity contribution in [2.45, 2.75) is 32.0 Å². The van der Waals surface area contributed by atoms with Gasteiger partial charge >= 0.3 is 0 Å². The summed E-state index contributed by atoms with van der Waals surface area (Å²) in [5, 5.41) is 15.7. The highest BCUT2D eigenvalue weighted by Crippen LogP contribution is 2.25. The molecule has 1 heterocycles. The van der Waals surface area contributed by atoms with Gasteiger partial charge in [0, 0.05) is 23.3 Å². The Morgan fingerprint density at radius 3 is 2.50 bits per heavy atom. The first-order chi connectivity index (χ1) is 15.3. The van der Waals surface area contributed by atoms with Gasteiger partial charge in [-0.1, -0.05) is 55.4 Å². The summed E-state index contributed by atoms with van der Waals surface area (Å²) in [5.74, 6) is 0.596. The molecule has 0 spiro atoms. The molecule has 0 bridgehead atoms. The first-order valence-electron chi connectivity index (χ1n) is 10.2. The molecule has 0 saturated carbocycles. The average molecular weight is 472 g/mol.